The van der Waals surface area contributed by atoms with Gasteiger partial charge in [-0.25, -0.2) is 9.67 Å². The normalized spacial score (nSPS) is 11.2. The highest BCUT2D eigenvalue weighted by molar-refractivity contribution is 7.80. The molecule has 0 bridgehead atoms. The van der Waals surface area contributed by atoms with Crippen LogP contribution in [0.5, 0.6) is 5.75 Å². The average molecular weight is 508 g/mol. The fraction of sp³-hybridized carbons (Fsp3) is 0.0417. The molecule has 1 aromatic heterocycles. The Balaban J connectivity index is 1.35. The quantitative estimate of drug-likeness (QED) is 0.215. The van der Waals surface area contributed by atoms with Crippen LogP contribution in [-0.4, -0.2) is 32.5 Å². The molecule has 4 aromatic rings. The Kier molecular flexibility index (Phi) is 7.22. The summed E-state index contributed by atoms with van der Waals surface area (Å²) in [4.78, 5) is 4.26. The smallest absolute Gasteiger partial charge is 0.406 e. The maximum atomic E-state index is 12.3. The first-order valence-electron chi connectivity index (χ1n) is 10.3. The van der Waals surface area contributed by atoms with Gasteiger partial charge >= 0.3 is 6.36 Å². The van der Waals surface area contributed by atoms with Crippen LogP contribution in [0.25, 0.3) is 17.1 Å². The van der Waals surface area contributed by atoms with Crippen LogP contribution in [0, 0.1) is 11.3 Å². The van der Waals surface area contributed by atoms with Crippen LogP contribution in [0.15, 0.2) is 84.2 Å². The van der Waals surface area contributed by atoms with Crippen LogP contribution >= 0.6 is 12.2 Å². The minimum atomic E-state index is -4.75. The molecule has 4 rings (SSSR count). The summed E-state index contributed by atoms with van der Waals surface area (Å²) in [6, 6.07) is 21.6. The predicted molar refractivity (Wildman–Crippen MR) is 132 cm³/mol. The molecule has 2 N–H and O–H groups in total. The largest absolute Gasteiger partial charge is 0.573 e. The molecule has 0 aliphatic heterocycles. The zero-order chi connectivity index (χ0) is 25.5. The van der Waals surface area contributed by atoms with Crippen LogP contribution < -0.4 is 15.5 Å². The zero-order valence-electron chi connectivity index (χ0n) is 18.3. The van der Waals surface area contributed by atoms with Gasteiger partial charge in [0.15, 0.2) is 10.9 Å². The van der Waals surface area contributed by atoms with E-state index >= 15 is 0 Å². The van der Waals surface area contributed by atoms with Gasteiger partial charge in [0.1, 0.15) is 18.1 Å². The number of para-hydroxylation sites is 1. The number of aromatic nitrogens is 3. The number of hydrogen-bond donors (Lipinski definition) is 2. The van der Waals surface area contributed by atoms with Crippen molar-refractivity contribution in [1.82, 2.24) is 20.2 Å². The lowest BCUT2D eigenvalue weighted by atomic mass is 10.1. The van der Waals surface area contributed by atoms with E-state index in [9.17, 15) is 13.2 Å². The second kappa shape index (κ2) is 10.7. The molecule has 36 heavy (non-hydrogen) atoms. The number of nitriles is 1. The van der Waals surface area contributed by atoms with Gasteiger partial charge in [0.05, 0.1) is 23.2 Å². The highest BCUT2D eigenvalue weighted by Crippen LogP contribution is 2.24. The van der Waals surface area contributed by atoms with Gasteiger partial charge in [0.25, 0.3) is 0 Å². The first-order valence-corrected chi connectivity index (χ1v) is 10.7. The standard InChI is InChI=1S/C24H16F3N7OS/c25-24(26,27)35-20-11-9-19(10-12-20)34-15-29-22(33-34)17-7-5-16(6-8-17)14-30-32-23(36)31-21-4-2-1-3-18(21)13-28/h1-12,14-15H,(H2,31,32,36). The van der Waals surface area contributed by atoms with E-state index < -0.39 is 6.36 Å². The van der Waals surface area contributed by atoms with Gasteiger partial charge in [0.2, 0.25) is 0 Å². The number of ether oxygens (including phenoxy) is 1. The van der Waals surface area contributed by atoms with Crippen molar-refractivity contribution in [1.29, 1.82) is 5.26 Å². The van der Waals surface area contributed by atoms with Crippen molar-refractivity contribution in [3.8, 4) is 28.9 Å². The molecule has 180 valence electrons. The van der Waals surface area contributed by atoms with Gasteiger partial charge in [-0.3, -0.25) is 5.43 Å². The Labute approximate surface area is 208 Å². The summed E-state index contributed by atoms with van der Waals surface area (Å²) in [6.45, 7) is 0. The van der Waals surface area contributed by atoms with E-state index in [2.05, 4.69) is 36.7 Å². The summed E-state index contributed by atoms with van der Waals surface area (Å²) in [5.74, 6) is 0.121. The number of thiocarbonyl (C=S) groups is 1. The minimum Gasteiger partial charge on any atom is -0.406 e. The van der Waals surface area contributed by atoms with E-state index in [1.165, 1.54) is 35.3 Å². The van der Waals surface area contributed by atoms with Crippen LogP contribution in [-0.2, 0) is 0 Å². The molecule has 0 aliphatic rings. The summed E-state index contributed by atoms with van der Waals surface area (Å²) in [5.41, 5.74) is 5.79. The summed E-state index contributed by atoms with van der Waals surface area (Å²) in [5, 5.41) is 20.7. The number of rotatable bonds is 6. The van der Waals surface area contributed by atoms with Gasteiger partial charge in [0, 0.05) is 5.56 Å². The highest BCUT2D eigenvalue weighted by Gasteiger charge is 2.31. The van der Waals surface area contributed by atoms with Crippen molar-refractivity contribution in [2.24, 2.45) is 5.10 Å². The number of nitrogens with zero attached hydrogens (tertiary/aromatic N) is 5. The van der Waals surface area contributed by atoms with Crippen molar-refractivity contribution in [2.75, 3.05) is 5.32 Å². The first-order chi connectivity index (χ1) is 17.3. The second-order valence-corrected chi connectivity index (χ2v) is 7.57. The Bertz CT molecular complexity index is 1430. The van der Waals surface area contributed by atoms with E-state index in [0.29, 0.717) is 22.8 Å². The van der Waals surface area contributed by atoms with Crippen LogP contribution in [0.2, 0.25) is 0 Å². The number of halogens is 3. The van der Waals surface area contributed by atoms with Gasteiger partial charge in [-0.05, 0) is 54.2 Å². The Morgan fingerprint density at radius 3 is 2.47 bits per heavy atom. The Hall–Kier alpha value is -4.76. The van der Waals surface area contributed by atoms with Gasteiger partial charge < -0.3 is 10.1 Å². The van der Waals surface area contributed by atoms with Gasteiger partial charge in [-0.2, -0.15) is 10.4 Å². The summed E-state index contributed by atoms with van der Waals surface area (Å²) in [7, 11) is 0. The lowest BCUT2D eigenvalue weighted by molar-refractivity contribution is -0.274. The second-order valence-electron chi connectivity index (χ2n) is 7.16. The third-order valence-corrected chi connectivity index (χ3v) is 4.86. The molecule has 0 amide bonds. The molecule has 0 radical (unpaired) electrons. The number of alkyl halides is 3. The van der Waals surface area contributed by atoms with Crippen molar-refractivity contribution < 1.29 is 17.9 Å². The maximum Gasteiger partial charge on any atom is 0.573 e. The molecule has 0 spiro atoms. The number of anilines is 1. The van der Waals surface area contributed by atoms with Crippen molar-refractivity contribution >= 4 is 29.2 Å². The molecule has 0 aliphatic carbocycles. The SMILES string of the molecule is N#Cc1ccccc1NC(=S)NN=Cc1ccc(-c2ncn(-c3ccc(OC(F)(F)F)cc3)n2)cc1. The number of hydrogen-bond acceptors (Lipinski definition) is 6. The first kappa shape index (κ1) is 24.4. The zero-order valence-corrected chi connectivity index (χ0v) is 19.1. The molecular weight excluding hydrogens is 491 g/mol. The topological polar surface area (TPSA) is 100 Å². The lowest BCUT2D eigenvalue weighted by Gasteiger charge is -2.09. The molecule has 0 unspecified atom stereocenters. The van der Waals surface area contributed by atoms with E-state index in [4.69, 9.17) is 17.5 Å². The van der Waals surface area contributed by atoms with Gasteiger partial charge in [-0.15, -0.1) is 18.3 Å². The van der Waals surface area contributed by atoms with Crippen molar-refractivity contribution in [3.05, 3.63) is 90.3 Å². The molecule has 3 aromatic carbocycles. The molecular formula is C24H16F3N7OS. The number of hydrazone groups is 1. The van der Waals surface area contributed by atoms with E-state index in [-0.39, 0.29) is 10.9 Å². The molecule has 1 heterocycles. The molecule has 8 nitrogen and oxygen atoms in total. The van der Waals surface area contributed by atoms with E-state index in [1.807, 2.05) is 12.1 Å². The van der Waals surface area contributed by atoms with E-state index in [1.54, 1.807) is 42.6 Å². The third-order valence-electron chi connectivity index (χ3n) is 4.67. The molecule has 0 saturated carbocycles. The average Bonchev–Trinajstić information content (AvgIpc) is 3.35. The predicted octanol–water partition coefficient (Wildman–Crippen LogP) is 5.03. The van der Waals surface area contributed by atoms with Gasteiger partial charge in [-0.1, -0.05) is 36.4 Å². The lowest BCUT2D eigenvalue weighted by Crippen LogP contribution is -2.24. The van der Waals surface area contributed by atoms with Crippen LogP contribution in [0.3, 0.4) is 0 Å². The summed E-state index contributed by atoms with van der Waals surface area (Å²) >= 11 is 5.20. The molecule has 0 atom stereocenters. The Morgan fingerprint density at radius 2 is 1.78 bits per heavy atom. The van der Waals surface area contributed by atoms with Crippen molar-refractivity contribution in [3.63, 3.8) is 0 Å². The summed E-state index contributed by atoms with van der Waals surface area (Å²) in [6.07, 6.45) is -1.71. The van der Waals surface area contributed by atoms with Crippen molar-refractivity contribution in [2.45, 2.75) is 6.36 Å². The van der Waals surface area contributed by atoms with Crippen LogP contribution in [0.1, 0.15) is 11.1 Å². The Morgan fingerprint density at radius 1 is 1.06 bits per heavy atom. The monoisotopic (exact) mass is 507 g/mol. The molecule has 0 saturated heterocycles. The fourth-order valence-corrected chi connectivity index (χ4v) is 3.21. The third kappa shape index (κ3) is 6.43. The minimum absolute atomic E-state index is 0.235. The highest BCUT2D eigenvalue weighted by atomic mass is 32.1. The number of nitrogens with one attached hydrogen (secondary N) is 2. The fourth-order valence-electron chi connectivity index (χ4n) is 3.04. The van der Waals surface area contributed by atoms with E-state index in [0.717, 1.165) is 11.1 Å². The number of benzene rings is 3. The summed E-state index contributed by atoms with van der Waals surface area (Å²) < 4.78 is 42.3. The van der Waals surface area contributed by atoms with Crippen LogP contribution in [0.4, 0.5) is 18.9 Å². The molecule has 12 heteroatoms. The molecule has 0 fully saturated rings. The maximum absolute atomic E-state index is 12.3.